The second-order valence-corrected chi connectivity index (χ2v) is 3.98. The van der Waals surface area contributed by atoms with E-state index in [0.29, 0.717) is 0 Å². The lowest BCUT2D eigenvalue weighted by molar-refractivity contribution is 0.118. The number of rotatable bonds is 9. The average Bonchev–Trinajstić information content (AvgIpc) is 2.38. The van der Waals surface area contributed by atoms with Crippen LogP contribution in [0, 0.1) is 0 Å². The first-order valence-electron chi connectivity index (χ1n) is 6.41. The zero-order valence-electron chi connectivity index (χ0n) is 10.7. The van der Waals surface area contributed by atoms with Crippen molar-refractivity contribution in [2.24, 2.45) is 0 Å². The molecule has 1 rings (SSSR count). The summed E-state index contributed by atoms with van der Waals surface area (Å²) in [5.41, 5.74) is 1.24. The molecule has 0 saturated heterocycles. The van der Waals surface area contributed by atoms with Gasteiger partial charge in [-0.1, -0.05) is 49.4 Å². The van der Waals surface area contributed by atoms with E-state index in [1.807, 2.05) is 18.2 Å². The van der Waals surface area contributed by atoms with Gasteiger partial charge in [0.2, 0.25) is 0 Å². The van der Waals surface area contributed by atoms with Gasteiger partial charge < -0.3 is 10.1 Å². The fourth-order valence-electron chi connectivity index (χ4n) is 1.50. The van der Waals surface area contributed by atoms with Crippen LogP contribution >= 0.6 is 0 Å². The van der Waals surface area contributed by atoms with Crippen LogP contribution in [0.25, 0.3) is 0 Å². The van der Waals surface area contributed by atoms with Gasteiger partial charge in [0.15, 0.2) is 0 Å². The lowest BCUT2D eigenvalue weighted by Crippen LogP contribution is -2.16. The highest BCUT2D eigenvalue weighted by Gasteiger charge is 1.91. The average molecular weight is 233 g/mol. The third kappa shape index (κ3) is 7.72. The molecule has 0 aliphatic rings. The van der Waals surface area contributed by atoms with E-state index < -0.39 is 0 Å². The van der Waals surface area contributed by atoms with E-state index in [9.17, 15) is 0 Å². The van der Waals surface area contributed by atoms with Crippen LogP contribution in [0.15, 0.2) is 42.5 Å². The molecule has 94 valence electrons. The summed E-state index contributed by atoms with van der Waals surface area (Å²) >= 11 is 0. The Morgan fingerprint density at radius 2 is 2.00 bits per heavy atom. The molecule has 0 aliphatic carbocycles. The molecule has 0 fully saturated rings. The molecule has 0 amide bonds. The van der Waals surface area contributed by atoms with Crippen molar-refractivity contribution in [3.63, 3.8) is 0 Å². The van der Waals surface area contributed by atoms with E-state index >= 15 is 0 Å². The van der Waals surface area contributed by atoms with Crippen molar-refractivity contribution in [1.29, 1.82) is 0 Å². The van der Waals surface area contributed by atoms with Gasteiger partial charge in [-0.05, 0) is 24.9 Å². The van der Waals surface area contributed by atoms with Gasteiger partial charge in [-0.25, -0.2) is 0 Å². The Kier molecular flexibility index (Phi) is 8.25. The molecule has 2 nitrogen and oxygen atoms in total. The normalized spacial score (nSPS) is 11.1. The van der Waals surface area contributed by atoms with Gasteiger partial charge in [0.05, 0.1) is 6.61 Å². The van der Waals surface area contributed by atoms with Crippen LogP contribution in [0.1, 0.15) is 25.3 Å². The molecule has 0 aliphatic heterocycles. The Hall–Kier alpha value is -1.12. The van der Waals surface area contributed by atoms with Crippen LogP contribution < -0.4 is 5.32 Å². The first-order valence-corrected chi connectivity index (χ1v) is 6.41. The largest absolute Gasteiger partial charge is 0.377 e. The van der Waals surface area contributed by atoms with Crippen LogP contribution in [-0.2, 0) is 11.3 Å². The van der Waals surface area contributed by atoms with Crippen molar-refractivity contribution in [2.45, 2.75) is 26.4 Å². The highest BCUT2D eigenvalue weighted by molar-refractivity contribution is 5.13. The number of nitrogens with one attached hydrogen (secondary N) is 1. The quantitative estimate of drug-likeness (QED) is 0.522. The minimum absolute atomic E-state index is 0.719. The number of hydrogen-bond acceptors (Lipinski definition) is 2. The Bertz CT molecular complexity index is 295. The molecule has 1 aromatic rings. The van der Waals surface area contributed by atoms with E-state index in [1.165, 1.54) is 5.56 Å². The van der Waals surface area contributed by atoms with Crippen LogP contribution in [0.5, 0.6) is 0 Å². The number of benzene rings is 1. The summed E-state index contributed by atoms with van der Waals surface area (Å²) in [5, 5.41) is 3.35. The Balaban J connectivity index is 1.90. The summed E-state index contributed by atoms with van der Waals surface area (Å²) in [5.74, 6) is 0. The first-order chi connectivity index (χ1) is 8.43. The van der Waals surface area contributed by atoms with Crippen molar-refractivity contribution in [1.82, 2.24) is 5.32 Å². The monoisotopic (exact) mass is 233 g/mol. The van der Waals surface area contributed by atoms with Gasteiger partial charge in [0.1, 0.15) is 0 Å². The summed E-state index contributed by atoms with van der Waals surface area (Å²) in [7, 11) is 0. The fourth-order valence-corrected chi connectivity index (χ4v) is 1.50. The minimum Gasteiger partial charge on any atom is -0.377 e. The molecule has 0 radical (unpaired) electrons. The predicted octanol–water partition coefficient (Wildman–Crippen LogP) is 3.15. The van der Waals surface area contributed by atoms with Crippen molar-refractivity contribution in [3.05, 3.63) is 48.0 Å². The van der Waals surface area contributed by atoms with E-state index in [0.717, 1.165) is 39.1 Å². The zero-order chi connectivity index (χ0) is 12.2. The lowest BCUT2D eigenvalue weighted by atomic mass is 10.2. The first kappa shape index (κ1) is 13.9. The number of hydrogen-bond donors (Lipinski definition) is 1. The zero-order valence-corrected chi connectivity index (χ0v) is 10.7. The van der Waals surface area contributed by atoms with Crippen molar-refractivity contribution < 1.29 is 4.74 Å². The molecule has 1 N–H and O–H groups in total. The number of ether oxygens (including phenoxy) is 1. The maximum atomic E-state index is 5.59. The van der Waals surface area contributed by atoms with E-state index in [1.54, 1.807) is 0 Å². The van der Waals surface area contributed by atoms with Crippen LogP contribution in [0.3, 0.4) is 0 Å². The molecule has 2 heteroatoms. The standard InChI is InChI=1S/C15H23NO/c1-2-3-7-11-16-12-8-13-17-14-15-9-5-4-6-10-15/h3-7,9-10,16H,2,8,11-14H2,1H3/b7-3+. The summed E-state index contributed by atoms with van der Waals surface area (Å²) in [6.45, 7) is 5.67. The minimum atomic E-state index is 0.719. The Morgan fingerprint density at radius 1 is 1.18 bits per heavy atom. The molecule has 0 unspecified atom stereocenters. The predicted molar refractivity (Wildman–Crippen MR) is 73.0 cm³/mol. The second-order valence-electron chi connectivity index (χ2n) is 3.98. The van der Waals surface area contributed by atoms with Crippen LogP contribution in [-0.4, -0.2) is 19.7 Å². The van der Waals surface area contributed by atoms with Gasteiger partial charge in [-0.3, -0.25) is 0 Å². The molecule has 1 aromatic carbocycles. The maximum absolute atomic E-state index is 5.59. The summed E-state index contributed by atoms with van der Waals surface area (Å²) in [6, 6.07) is 10.3. The van der Waals surface area contributed by atoms with Gasteiger partial charge in [-0.2, -0.15) is 0 Å². The Labute approximate surface area is 105 Å². The third-order valence-corrected chi connectivity index (χ3v) is 2.42. The topological polar surface area (TPSA) is 21.3 Å². The molecule has 0 bridgehead atoms. The highest BCUT2D eigenvalue weighted by atomic mass is 16.5. The van der Waals surface area contributed by atoms with Crippen molar-refractivity contribution >= 4 is 0 Å². The fraction of sp³-hybridized carbons (Fsp3) is 0.467. The lowest BCUT2D eigenvalue weighted by Gasteiger charge is -2.04. The van der Waals surface area contributed by atoms with E-state index in [4.69, 9.17) is 4.74 Å². The summed E-state index contributed by atoms with van der Waals surface area (Å²) in [4.78, 5) is 0. The molecule has 0 saturated carbocycles. The van der Waals surface area contributed by atoms with Crippen molar-refractivity contribution in [2.75, 3.05) is 19.7 Å². The molecule has 0 aromatic heterocycles. The highest BCUT2D eigenvalue weighted by Crippen LogP contribution is 2.00. The molecule has 0 heterocycles. The van der Waals surface area contributed by atoms with E-state index in [2.05, 4.69) is 36.5 Å². The van der Waals surface area contributed by atoms with Gasteiger partial charge in [0, 0.05) is 13.2 Å². The van der Waals surface area contributed by atoms with Crippen molar-refractivity contribution in [3.8, 4) is 0 Å². The van der Waals surface area contributed by atoms with E-state index in [-0.39, 0.29) is 0 Å². The van der Waals surface area contributed by atoms with Gasteiger partial charge in [0.25, 0.3) is 0 Å². The second kappa shape index (κ2) is 10.1. The van der Waals surface area contributed by atoms with Gasteiger partial charge in [-0.15, -0.1) is 0 Å². The summed E-state index contributed by atoms with van der Waals surface area (Å²) in [6.07, 6.45) is 6.53. The van der Waals surface area contributed by atoms with Gasteiger partial charge >= 0.3 is 0 Å². The number of allylic oxidation sites excluding steroid dienone is 1. The molecule has 17 heavy (non-hydrogen) atoms. The maximum Gasteiger partial charge on any atom is 0.0716 e. The van der Waals surface area contributed by atoms with Crippen LogP contribution in [0.2, 0.25) is 0 Å². The molecule has 0 atom stereocenters. The molecule has 0 spiro atoms. The SMILES string of the molecule is CC/C=C/CNCCCOCc1ccccc1. The smallest absolute Gasteiger partial charge is 0.0716 e. The molecular formula is C15H23NO. The third-order valence-electron chi connectivity index (χ3n) is 2.42. The summed E-state index contributed by atoms with van der Waals surface area (Å²) < 4.78 is 5.59. The Morgan fingerprint density at radius 3 is 2.76 bits per heavy atom. The van der Waals surface area contributed by atoms with Crippen LogP contribution in [0.4, 0.5) is 0 Å². The molecular weight excluding hydrogens is 210 g/mol.